The lowest BCUT2D eigenvalue weighted by molar-refractivity contribution is 0.141. The molecule has 0 fully saturated rings. The van der Waals surface area contributed by atoms with Gasteiger partial charge in [0.1, 0.15) is 16.0 Å². The first-order valence-electron chi connectivity index (χ1n) is 3.16. The molecule has 0 aliphatic rings. The van der Waals surface area contributed by atoms with Crippen LogP contribution in [0.5, 0.6) is 5.75 Å². The minimum absolute atomic E-state index is 0.329. The molecule has 0 aromatic carbocycles. The Kier molecular flexibility index (Phi) is 2.62. The number of pyridine rings is 1. The molecule has 0 spiro atoms. The van der Waals surface area contributed by atoms with Crippen LogP contribution in [-0.4, -0.2) is 10.1 Å². The van der Waals surface area contributed by atoms with Gasteiger partial charge in [-0.3, -0.25) is 0 Å². The Morgan fingerprint density at radius 3 is 2.67 bits per heavy atom. The summed E-state index contributed by atoms with van der Waals surface area (Å²) in [6.07, 6.45) is -2.75. The Balaban J connectivity index is 3.23. The fraction of sp³-hybridized carbons (Fsp3) is 0.286. The highest BCUT2D eigenvalue weighted by Crippen LogP contribution is 2.29. The van der Waals surface area contributed by atoms with Crippen LogP contribution in [0.2, 0.25) is 0 Å². The van der Waals surface area contributed by atoms with Crippen LogP contribution >= 0.6 is 15.9 Å². The molecule has 1 rings (SSSR count). The van der Waals surface area contributed by atoms with Crippen molar-refractivity contribution in [3.05, 3.63) is 21.9 Å². The van der Waals surface area contributed by atoms with Crippen molar-refractivity contribution in [2.75, 3.05) is 0 Å². The van der Waals surface area contributed by atoms with Crippen molar-refractivity contribution in [1.82, 2.24) is 4.98 Å². The first-order chi connectivity index (χ1) is 5.52. The van der Waals surface area contributed by atoms with Gasteiger partial charge in [0, 0.05) is 0 Å². The molecule has 66 valence electrons. The molecule has 0 radical (unpaired) electrons. The Morgan fingerprint density at radius 1 is 1.58 bits per heavy atom. The van der Waals surface area contributed by atoms with Gasteiger partial charge in [-0.25, -0.2) is 13.8 Å². The van der Waals surface area contributed by atoms with Crippen LogP contribution in [0.4, 0.5) is 8.78 Å². The first-order valence-corrected chi connectivity index (χ1v) is 3.96. The number of hydrogen-bond acceptors (Lipinski definition) is 2. The van der Waals surface area contributed by atoms with Crippen LogP contribution in [0.25, 0.3) is 0 Å². The number of nitrogens with zero attached hydrogens (tertiary/aromatic N) is 1. The summed E-state index contributed by atoms with van der Waals surface area (Å²) in [6.45, 7) is 1.66. The van der Waals surface area contributed by atoms with E-state index >= 15 is 0 Å². The SMILES string of the molecule is Cc1cc(O)c(C(F)F)nc1Br. The first kappa shape index (κ1) is 9.38. The highest BCUT2D eigenvalue weighted by molar-refractivity contribution is 9.10. The van der Waals surface area contributed by atoms with E-state index < -0.39 is 17.9 Å². The number of alkyl halides is 2. The molecule has 2 nitrogen and oxygen atoms in total. The summed E-state index contributed by atoms with van der Waals surface area (Å²) in [6, 6.07) is 1.25. The van der Waals surface area contributed by atoms with Gasteiger partial charge in [0.05, 0.1) is 0 Å². The fourth-order valence-electron chi connectivity index (χ4n) is 0.750. The molecule has 12 heavy (non-hydrogen) atoms. The van der Waals surface area contributed by atoms with E-state index in [1.807, 2.05) is 0 Å². The lowest BCUT2D eigenvalue weighted by Crippen LogP contribution is -1.93. The van der Waals surface area contributed by atoms with Crippen LogP contribution in [0.1, 0.15) is 17.7 Å². The molecule has 1 aromatic heterocycles. The molecule has 0 bridgehead atoms. The lowest BCUT2D eigenvalue weighted by Gasteiger charge is -2.04. The second kappa shape index (κ2) is 3.35. The number of aryl methyl sites for hydroxylation is 1. The maximum Gasteiger partial charge on any atom is 0.284 e. The summed E-state index contributed by atoms with van der Waals surface area (Å²) in [5, 5.41) is 9.02. The van der Waals surface area contributed by atoms with E-state index in [2.05, 4.69) is 20.9 Å². The van der Waals surface area contributed by atoms with Gasteiger partial charge in [-0.15, -0.1) is 0 Å². The quantitative estimate of drug-likeness (QED) is 0.763. The maximum atomic E-state index is 12.1. The second-order valence-electron chi connectivity index (χ2n) is 2.30. The van der Waals surface area contributed by atoms with Crippen LogP contribution in [-0.2, 0) is 0 Å². The third-order valence-corrected chi connectivity index (χ3v) is 2.17. The van der Waals surface area contributed by atoms with E-state index in [-0.39, 0.29) is 0 Å². The number of aromatic nitrogens is 1. The number of hydrogen-bond donors (Lipinski definition) is 1. The van der Waals surface area contributed by atoms with Crippen molar-refractivity contribution in [3.63, 3.8) is 0 Å². The molecule has 0 aliphatic heterocycles. The summed E-state index contributed by atoms with van der Waals surface area (Å²) in [5.41, 5.74) is 0.0318. The van der Waals surface area contributed by atoms with Crippen molar-refractivity contribution in [2.45, 2.75) is 13.3 Å². The predicted octanol–water partition coefficient (Wildman–Crippen LogP) is 2.80. The summed E-state index contributed by atoms with van der Waals surface area (Å²) in [5.74, 6) is -0.467. The number of rotatable bonds is 1. The third-order valence-electron chi connectivity index (χ3n) is 1.37. The van der Waals surface area contributed by atoms with E-state index in [9.17, 15) is 8.78 Å². The third kappa shape index (κ3) is 1.72. The average Bonchev–Trinajstić information content (AvgIpc) is 1.96. The molecule has 0 unspecified atom stereocenters. The largest absolute Gasteiger partial charge is 0.506 e. The van der Waals surface area contributed by atoms with Crippen molar-refractivity contribution in [2.24, 2.45) is 0 Å². The lowest BCUT2D eigenvalue weighted by atomic mass is 10.2. The molecule has 0 saturated carbocycles. The standard InChI is InChI=1S/C7H6BrF2NO/c1-3-2-4(12)5(7(9)10)11-6(3)8/h2,7,12H,1H3. The van der Waals surface area contributed by atoms with Crippen molar-refractivity contribution < 1.29 is 13.9 Å². The van der Waals surface area contributed by atoms with Crippen LogP contribution in [0.15, 0.2) is 10.7 Å². The van der Waals surface area contributed by atoms with E-state index in [0.29, 0.717) is 10.2 Å². The topological polar surface area (TPSA) is 33.1 Å². The fourth-order valence-corrected chi connectivity index (χ4v) is 1.06. The van der Waals surface area contributed by atoms with Crippen molar-refractivity contribution >= 4 is 15.9 Å². The van der Waals surface area contributed by atoms with Gasteiger partial charge in [-0.05, 0) is 34.5 Å². The summed E-state index contributed by atoms with van der Waals surface area (Å²) in [4.78, 5) is 3.49. The minimum Gasteiger partial charge on any atom is -0.506 e. The average molecular weight is 238 g/mol. The highest BCUT2D eigenvalue weighted by atomic mass is 79.9. The highest BCUT2D eigenvalue weighted by Gasteiger charge is 2.15. The Labute approximate surface area is 76.4 Å². The molecule has 1 aromatic rings. The molecule has 0 saturated heterocycles. The summed E-state index contributed by atoms with van der Waals surface area (Å²) in [7, 11) is 0. The van der Waals surface area contributed by atoms with Gasteiger partial charge in [-0.2, -0.15) is 0 Å². The molecule has 0 amide bonds. The Morgan fingerprint density at radius 2 is 2.17 bits per heavy atom. The van der Waals surface area contributed by atoms with Crippen LogP contribution in [0, 0.1) is 6.92 Å². The van der Waals surface area contributed by atoms with Gasteiger partial charge in [-0.1, -0.05) is 0 Å². The second-order valence-corrected chi connectivity index (χ2v) is 3.05. The summed E-state index contributed by atoms with van der Waals surface area (Å²) >= 11 is 2.99. The molecule has 1 N–H and O–H groups in total. The van der Waals surface area contributed by atoms with Crippen molar-refractivity contribution in [3.8, 4) is 5.75 Å². The van der Waals surface area contributed by atoms with E-state index in [1.165, 1.54) is 6.07 Å². The van der Waals surface area contributed by atoms with Crippen LogP contribution < -0.4 is 0 Å². The van der Waals surface area contributed by atoms with Gasteiger partial charge >= 0.3 is 0 Å². The van der Waals surface area contributed by atoms with Gasteiger partial charge in [0.15, 0.2) is 0 Å². The van der Waals surface area contributed by atoms with Gasteiger partial charge in [0.25, 0.3) is 6.43 Å². The molecule has 0 aliphatic carbocycles. The van der Waals surface area contributed by atoms with Crippen LogP contribution in [0.3, 0.4) is 0 Å². The van der Waals surface area contributed by atoms with E-state index in [0.717, 1.165) is 0 Å². The minimum atomic E-state index is -2.75. The molecular formula is C7H6BrF2NO. The molecule has 0 atom stereocenters. The summed E-state index contributed by atoms with van der Waals surface area (Å²) < 4.78 is 24.5. The number of halogens is 3. The maximum absolute atomic E-state index is 12.1. The molecular weight excluding hydrogens is 232 g/mol. The number of aromatic hydroxyl groups is 1. The predicted molar refractivity (Wildman–Crippen MR) is 43.3 cm³/mol. The zero-order valence-electron chi connectivity index (χ0n) is 6.18. The van der Waals surface area contributed by atoms with E-state index in [4.69, 9.17) is 5.11 Å². The van der Waals surface area contributed by atoms with E-state index in [1.54, 1.807) is 6.92 Å². The zero-order valence-corrected chi connectivity index (χ0v) is 7.77. The van der Waals surface area contributed by atoms with Gasteiger partial charge < -0.3 is 5.11 Å². The normalized spacial score (nSPS) is 10.8. The zero-order chi connectivity index (χ0) is 9.30. The smallest absolute Gasteiger partial charge is 0.284 e. The Hall–Kier alpha value is -0.710. The van der Waals surface area contributed by atoms with Gasteiger partial charge in [0.2, 0.25) is 0 Å². The molecule has 5 heteroatoms. The monoisotopic (exact) mass is 237 g/mol. The Bertz CT molecular complexity index is 304. The van der Waals surface area contributed by atoms with Crippen molar-refractivity contribution in [1.29, 1.82) is 0 Å². The molecule has 1 heterocycles.